The van der Waals surface area contributed by atoms with E-state index in [4.69, 9.17) is 18.9 Å². The molecular weight excluding hydrogens is 712 g/mol. The zero-order valence-corrected chi connectivity index (χ0v) is 29.0. The minimum absolute atomic E-state index is 0. The largest absolute Gasteiger partial charge is 0.494 e. The van der Waals surface area contributed by atoms with Crippen LogP contribution in [0.15, 0.2) is 72.8 Å². The van der Waals surface area contributed by atoms with E-state index in [1.807, 2.05) is 18.2 Å². The molecule has 0 spiro atoms. The average Bonchev–Trinajstić information content (AvgIpc) is 3.16. The Morgan fingerprint density at radius 1 is 0.760 bits per heavy atom. The van der Waals surface area contributed by atoms with Crippen LogP contribution < -0.4 is 14.8 Å². The van der Waals surface area contributed by atoms with Gasteiger partial charge in [0.1, 0.15) is 22.9 Å². The lowest BCUT2D eigenvalue weighted by atomic mass is 10.1. The van der Waals surface area contributed by atoms with Crippen LogP contribution in [0.5, 0.6) is 11.5 Å². The molecule has 0 atom stereocenters. The highest BCUT2D eigenvalue weighted by molar-refractivity contribution is 9.08. The number of nitro groups is 2. The minimum Gasteiger partial charge on any atom is -0.494 e. The fourth-order valence-electron chi connectivity index (χ4n) is 4.92. The number of pyridine rings is 2. The molecule has 0 saturated carbocycles. The smallest absolute Gasteiger partial charge is 0.270 e. The summed E-state index contributed by atoms with van der Waals surface area (Å²) in [5.74, 6) is 1.19. The van der Waals surface area contributed by atoms with Crippen molar-refractivity contribution in [2.75, 3.05) is 66.8 Å². The first-order valence-electron chi connectivity index (χ1n) is 15.5. The Kier molecular flexibility index (Phi) is 16.6. The van der Waals surface area contributed by atoms with E-state index < -0.39 is 9.85 Å². The number of hydrogen-bond acceptors (Lipinski definition) is 12. The Hall–Kier alpha value is -4.54. The molecule has 50 heavy (non-hydrogen) atoms. The first-order valence-corrected chi connectivity index (χ1v) is 16.7. The number of rotatable bonds is 9. The molecule has 1 N–H and O–H groups in total. The minimum atomic E-state index is -0.426. The van der Waals surface area contributed by atoms with Gasteiger partial charge >= 0.3 is 0 Å². The summed E-state index contributed by atoms with van der Waals surface area (Å²) in [6.45, 7) is 7.76. The summed E-state index contributed by atoms with van der Waals surface area (Å²) in [6, 6.07) is 20.2. The van der Waals surface area contributed by atoms with Gasteiger partial charge in [-0.2, -0.15) is 0 Å². The van der Waals surface area contributed by atoms with Crippen molar-refractivity contribution in [1.82, 2.24) is 20.2 Å². The van der Waals surface area contributed by atoms with E-state index in [-0.39, 0.29) is 18.8 Å². The number of non-ortho nitro benzene ring substituents is 2. The second kappa shape index (κ2) is 20.9. The third-order valence-corrected chi connectivity index (χ3v) is 7.98. The van der Waals surface area contributed by atoms with Gasteiger partial charge in [0, 0.05) is 73.4 Å². The number of hydrogen-bond donors (Lipinski definition) is 1. The standard InChI is InChI=1S/C17H19N3O4.C13H11BrN2O3.C4H9NO.CH4/c1-23-16-6-5-14(12-19-7-9-24-10-8-19)18-17(16)13-3-2-4-15(11-13)20(21)22;1-19-12-6-5-10(8-14)15-13(12)9-3-2-4-11(7-9)16(17)18;1-3-6-4-2-5-1;/h2-6,11H,7-10,12H2,1H3;2-7H,8H2,1H3;5H,1-4H2;1H4. The van der Waals surface area contributed by atoms with Crippen LogP contribution in [0.4, 0.5) is 11.4 Å². The molecule has 0 unspecified atom stereocenters. The van der Waals surface area contributed by atoms with Crippen molar-refractivity contribution in [3.63, 3.8) is 0 Å². The van der Waals surface area contributed by atoms with Crippen molar-refractivity contribution in [2.24, 2.45) is 0 Å². The van der Waals surface area contributed by atoms with E-state index >= 15 is 0 Å². The van der Waals surface area contributed by atoms with Crippen LogP contribution in [-0.2, 0) is 21.3 Å². The molecule has 2 aromatic heterocycles. The molecule has 2 fully saturated rings. The number of nitrogens with zero attached hydrogens (tertiary/aromatic N) is 5. The number of aromatic nitrogens is 2. The summed E-state index contributed by atoms with van der Waals surface area (Å²) in [7, 11) is 3.12. The molecule has 2 aliphatic rings. The van der Waals surface area contributed by atoms with Gasteiger partial charge in [0.25, 0.3) is 11.4 Å². The van der Waals surface area contributed by atoms with Crippen LogP contribution in [0.25, 0.3) is 22.5 Å². The van der Waals surface area contributed by atoms with E-state index in [9.17, 15) is 20.2 Å². The highest BCUT2D eigenvalue weighted by atomic mass is 79.9. The summed E-state index contributed by atoms with van der Waals surface area (Å²) >= 11 is 3.34. The van der Waals surface area contributed by atoms with Gasteiger partial charge in [0.15, 0.2) is 0 Å². The highest BCUT2D eigenvalue weighted by Gasteiger charge is 2.16. The molecule has 14 nitrogen and oxygen atoms in total. The summed E-state index contributed by atoms with van der Waals surface area (Å²) in [5, 5.41) is 25.6. The van der Waals surface area contributed by atoms with Gasteiger partial charge in [0.05, 0.1) is 61.9 Å². The second-order valence-corrected chi connectivity index (χ2v) is 11.3. The second-order valence-electron chi connectivity index (χ2n) is 10.7. The maximum absolute atomic E-state index is 11.0. The molecular formula is C35H43BrN6O8. The lowest BCUT2D eigenvalue weighted by Gasteiger charge is -2.26. The van der Waals surface area contributed by atoms with Crippen molar-refractivity contribution < 1.29 is 28.8 Å². The van der Waals surface area contributed by atoms with Crippen molar-refractivity contribution in [3.05, 3.63) is 104 Å². The van der Waals surface area contributed by atoms with Crippen LogP contribution in [0.2, 0.25) is 0 Å². The Labute approximate surface area is 300 Å². The van der Waals surface area contributed by atoms with Gasteiger partial charge in [-0.25, -0.2) is 9.97 Å². The van der Waals surface area contributed by atoms with Gasteiger partial charge in [-0.05, 0) is 24.3 Å². The number of morpholine rings is 2. The van der Waals surface area contributed by atoms with E-state index in [1.165, 1.54) is 24.3 Å². The van der Waals surface area contributed by atoms with Crippen molar-refractivity contribution in [2.45, 2.75) is 19.3 Å². The first kappa shape index (κ1) is 39.9. The molecule has 268 valence electrons. The summed E-state index contributed by atoms with van der Waals surface area (Å²) < 4.78 is 21.0. The van der Waals surface area contributed by atoms with Crippen molar-refractivity contribution >= 4 is 27.3 Å². The van der Waals surface area contributed by atoms with E-state index in [0.717, 1.165) is 70.5 Å². The van der Waals surface area contributed by atoms with E-state index in [2.05, 4.69) is 36.1 Å². The summed E-state index contributed by atoms with van der Waals surface area (Å²) in [4.78, 5) is 32.4. The summed E-state index contributed by atoms with van der Waals surface area (Å²) in [6.07, 6.45) is 0. The van der Waals surface area contributed by atoms with E-state index in [0.29, 0.717) is 39.3 Å². The molecule has 2 aliphatic heterocycles. The molecule has 4 heterocycles. The van der Waals surface area contributed by atoms with E-state index in [1.54, 1.807) is 44.6 Å². The number of nitro benzene ring substituents is 2. The Balaban J connectivity index is 0.000000232. The van der Waals surface area contributed by atoms with Gasteiger partial charge in [-0.15, -0.1) is 0 Å². The maximum Gasteiger partial charge on any atom is 0.270 e. The predicted molar refractivity (Wildman–Crippen MR) is 195 cm³/mol. The van der Waals surface area contributed by atoms with Crippen LogP contribution in [-0.4, -0.2) is 91.5 Å². The number of nitrogens with one attached hydrogen (secondary N) is 1. The highest BCUT2D eigenvalue weighted by Crippen LogP contribution is 2.32. The Morgan fingerprint density at radius 3 is 1.66 bits per heavy atom. The third kappa shape index (κ3) is 11.8. The molecule has 0 amide bonds. The molecule has 0 aliphatic carbocycles. The topological polar surface area (TPSA) is 164 Å². The fraction of sp³-hybridized carbons (Fsp3) is 0.371. The fourth-order valence-corrected chi connectivity index (χ4v) is 5.23. The van der Waals surface area contributed by atoms with Gasteiger partial charge < -0.3 is 24.3 Å². The van der Waals surface area contributed by atoms with Crippen LogP contribution in [0, 0.1) is 20.2 Å². The molecule has 6 rings (SSSR count). The van der Waals surface area contributed by atoms with Crippen molar-refractivity contribution in [1.29, 1.82) is 0 Å². The number of alkyl halides is 1. The zero-order chi connectivity index (χ0) is 35.0. The lowest BCUT2D eigenvalue weighted by molar-refractivity contribution is -0.385. The first-order chi connectivity index (χ1) is 23.8. The maximum atomic E-state index is 11.0. The summed E-state index contributed by atoms with van der Waals surface area (Å²) in [5.41, 5.74) is 4.36. The quantitative estimate of drug-likeness (QED) is 0.115. The number of halogens is 1. The molecule has 4 aromatic rings. The SMILES string of the molecule is C.C1COCCN1.COc1ccc(CBr)nc1-c1cccc([N+](=O)[O-])c1.COc1ccc(CN2CCOCC2)nc1-c1cccc([N+](=O)[O-])c1. The van der Waals surface area contributed by atoms with Crippen molar-refractivity contribution in [3.8, 4) is 34.0 Å². The third-order valence-electron chi connectivity index (χ3n) is 7.41. The molecule has 0 bridgehead atoms. The van der Waals surface area contributed by atoms with Crippen LogP contribution in [0.3, 0.4) is 0 Å². The van der Waals surface area contributed by atoms with Crippen LogP contribution in [0.1, 0.15) is 18.8 Å². The zero-order valence-electron chi connectivity index (χ0n) is 27.4. The average molecular weight is 756 g/mol. The number of methoxy groups -OCH3 is 2. The molecule has 2 saturated heterocycles. The lowest BCUT2D eigenvalue weighted by Crippen LogP contribution is -2.35. The molecule has 0 radical (unpaired) electrons. The van der Waals surface area contributed by atoms with Gasteiger partial charge in [0.2, 0.25) is 0 Å². The normalized spacial score (nSPS) is 14.1. The van der Waals surface area contributed by atoms with Gasteiger partial charge in [-0.3, -0.25) is 25.1 Å². The van der Waals surface area contributed by atoms with Gasteiger partial charge in [-0.1, -0.05) is 47.6 Å². The Morgan fingerprint density at radius 2 is 1.24 bits per heavy atom. The Bertz CT molecular complexity index is 1670. The monoisotopic (exact) mass is 754 g/mol. The number of ether oxygens (including phenoxy) is 4. The molecule has 15 heteroatoms. The number of benzene rings is 2. The predicted octanol–water partition coefficient (Wildman–Crippen LogP) is 6.30. The van der Waals surface area contributed by atoms with Crippen LogP contribution >= 0.6 is 15.9 Å². The molecule has 2 aromatic carbocycles.